The number of esters is 2. The van der Waals surface area contributed by atoms with E-state index in [2.05, 4.69) is 4.98 Å². The minimum atomic E-state index is -0.353. The monoisotopic (exact) mass is 334 g/mol. The van der Waals surface area contributed by atoms with Crippen LogP contribution in [0.5, 0.6) is 0 Å². The number of carbonyl (C=O) groups is 2. The minimum Gasteiger partial charge on any atom is -0.465 e. The number of cyclic esters (lactones) is 1. The van der Waals surface area contributed by atoms with Gasteiger partial charge >= 0.3 is 11.9 Å². The lowest BCUT2D eigenvalue weighted by atomic mass is 10.2. The number of thioether (sulfide) groups is 1. The lowest BCUT2D eigenvalue weighted by molar-refractivity contribution is -0.137. The molecule has 0 aliphatic carbocycles. The van der Waals surface area contributed by atoms with Crippen LogP contribution in [0.2, 0.25) is 0 Å². The number of carbonyl (C=O) groups excluding carboxylic acids is 2. The van der Waals surface area contributed by atoms with E-state index in [0.29, 0.717) is 25.2 Å². The molecule has 1 saturated heterocycles. The Balaban J connectivity index is 1.95. The van der Waals surface area contributed by atoms with E-state index < -0.39 is 0 Å². The summed E-state index contributed by atoms with van der Waals surface area (Å²) in [6, 6.07) is 5.35. The number of imidazole rings is 1. The number of benzene rings is 1. The maximum Gasteiger partial charge on any atom is 0.338 e. The number of nitrogens with zero attached hydrogens (tertiary/aromatic N) is 2. The Kier molecular flexibility index (Phi) is 4.56. The van der Waals surface area contributed by atoms with Crippen molar-refractivity contribution < 1.29 is 19.1 Å². The molecule has 0 spiro atoms. The average molecular weight is 334 g/mol. The summed E-state index contributed by atoms with van der Waals surface area (Å²) >= 11 is 1.42. The molecule has 6 nitrogen and oxygen atoms in total. The van der Waals surface area contributed by atoms with Gasteiger partial charge in [-0.05, 0) is 32.0 Å². The van der Waals surface area contributed by atoms with Gasteiger partial charge in [-0.3, -0.25) is 4.79 Å². The summed E-state index contributed by atoms with van der Waals surface area (Å²) < 4.78 is 12.1. The van der Waals surface area contributed by atoms with Gasteiger partial charge < -0.3 is 14.0 Å². The zero-order valence-corrected chi connectivity index (χ0v) is 13.9. The number of rotatable bonds is 5. The maximum absolute atomic E-state index is 11.8. The summed E-state index contributed by atoms with van der Waals surface area (Å²) in [5, 5.41) is 0.564. The second-order valence-electron chi connectivity index (χ2n) is 5.13. The fourth-order valence-corrected chi connectivity index (χ4v) is 3.69. The molecule has 0 amide bonds. The van der Waals surface area contributed by atoms with Crippen LogP contribution in [0.25, 0.3) is 11.0 Å². The molecule has 23 heavy (non-hydrogen) atoms. The lowest BCUT2D eigenvalue weighted by Crippen LogP contribution is -2.11. The van der Waals surface area contributed by atoms with Crippen LogP contribution in [0.15, 0.2) is 23.4 Å². The quantitative estimate of drug-likeness (QED) is 0.783. The van der Waals surface area contributed by atoms with E-state index in [1.807, 2.05) is 17.6 Å². The van der Waals surface area contributed by atoms with Gasteiger partial charge in [-0.25, -0.2) is 9.78 Å². The van der Waals surface area contributed by atoms with Gasteiger partial charge in [0.15, 0.2) is 5.16 Å². The van der Waals surface area contributed by atoms with Gasteiger partial charge in [0, 0.05) is 13.0 Å². The van der Waals surface area contributed by atoms with Crippen molar-refractivity contribution in [2.45, 2.75) is 37.2 Å². The SMILES string of the molecule is CCOC(=O)c1ccc2c(c1)nc(S[C@@H]1CCOC1=O)n2CC. The standard InChI is InChI=1S/C16H18N2O4S/c1-3-18-12-6-5-10(14(19)21-4-2)9-11(12)17-16(18)23-13-7-8-22-15(13)20/h5-6,9,13H,3-4,7-8H2,1-2H3/t13-/m1/s1. The Labute approximate surface area is 138 Å². The highest BCUT2D eigenvalue weighted by molar-refractivity contribution is 8.00. The Morgan fingerprint density at radius 1 is 1.48 bits per heavy atom. The van der Waals surface area contributed by atoms with Crippen molar-refractivity contribution >= 4 is 34.7 Å². The fraction of sp³-hybridized carbons (Fsp3) is 0.438. The lowest BCUT2D eigenvalue weighted by Gasteiger charge is -2.07. The van der Waals surface area contributed by atoms with Crippen LogP contribution in [-0.4, -0.2) is 40.0 Å². The molecule has 2 heterocycles. The van der Waals surface area contributed by atoms with E-state index in [-0.39, 0.29) is 17.2 Å². The molecule has 1 aromatic heterocycles. The van der Waals surface area contributed by atoms with Crippen LogP contribution < -0.4 is 0 Å². The van der Waals surface area contributed by atoms with Crippen molar-refractivity contribution in [3.05, 3.63) is 23.8 Å². The van der Waals surface area contributed by atoms with Gasteiger partial charge in [0.25, 0.3) is 0 Å². The summed E-state index contributed by atoms with van der Waals surface area (Å²) in [6.45, 7) is 5.34. The first-order valence-corrected chi connectivity index (χ1v) is 8.52. The predicted octanol–water partition coefficient (Wildman–Crippen LogP) is 2.64. The number of fused-ring (bicyclic) bond motifs is 1. The molecule has 0 bridgehead atoms. The van der Waals surface area contributed by atoms with Gasteiger partial charge in [-0.2, -0.15) is 0 Å². The molecular weight excluding hydrogens is 316 g/mol. The number of hydrogen-bond acceptors (Lipinski definition) is 6. The summed E-state index contributed by atoms with van der Waals surface area (Å²) in [6.07, 6.45) is 0.699. The van der Waals surface area contributed by atoms with Gasteiger partial charge in [0.05, 0.1) is 29.8 Å². The van der Waals surface area contributed by atoms with Gasteiger partial charge in [0.2, 0.25) is 0 Å². The van der Waals surface area contributed by atoms with Crippen LogP contribution in [0.1, 0.15) is 30.6 Å². The molecular formula is C16H18N2O4S. The number of aryl methyl sites for hydroxylation is 1. The van der Waals surface area contributed by atoms with Crippen molar-refractivity contribution in [3.8, 4) is 0 Å². The van der Waals surface area contributed by atoms with E-state index >= 15 is 0 Å². The highest BCUT2D eigenvalue weighted by atomic mass is 32.2. The van der Waals surface area contributed by atoms with Crippen LogP contribution in [0.3, 0.4) is 0 Å². The number of aromatic nitrogens is 2. The molecule has 0 saturated carbocycles. The van der Waals surface area contributed by atoms with Crippen LogP contribution in [0.4, 0.5) is 0 Å². The van der Waals surface area contributed by atoms with Crippen LogP contribution >= 0.6 is 11.8 Å². The van der Waals surface area contributed by atoms with E-state index in [0.717, 1.165) is 22.7 Å². The Bertz CT molecular complexity index is 756. The van der Waals surface area contributed by atoms with E-state index in [1.165, 1.54) is 11.8 Å². The largest absolute Gasteiger partial charge is 0.465 e. The van der Waals surface area contributed by atoms with Crippen molar-refractivity contribution in [2.24, 2.45) is 0 Å². The van der Waals surface area contributed by atoms with Crippen molar-refractivity contribution in [1.29, 1.82) is 0 Å². The third-order valence-corrected chi connectivity index (χ3v) is 4.91. The fourth-order valence-electron chi connectivity index (χ4n) is 2.56. The first kappa shape index (κ1) is 15.9. The number of ether oxygens (including phenoxy) is 2. The molecule has 0 radical (unpaired) electrons. The van der Waals surface area contributed by atoms with Gasteiger partial charge in [0.1, 0.15) is 5.25 Å². The highest BCUT2D eigenvalue weighted by Gasteiger charge is 2.29. The van der Waals surface area contributed by atoms with Gasteiger partial charge in [-0.15, -0.1) is 0 Å². The van der Waals surface area contributed by atoms with Crippen LogP contribution in [0, 0.1) is 0 Å². The predicted molar refractivity (Wildman–Crippen MR) is 86.6 cm³/mol. The zero-order chi connectivity index (χ0) is 16.4. The zero-order valence-electron chi connectivity index (χ0n) is 13.1. The Hall–Kier alpha value is -2.02. The number of hydrogen-bond donors (Lipinski definition) is 0. The normalized spacial score (nSPS) is 17.5. The topological polar surface area (TPSA) is 70.4 Å². The van der Waals surface area contributed by atoms with Crippen molar-refractivity contribution in [2.75, 3.05) is 13.2 Å². The Morgan fingerprint density at radius 2 is 2.30 bits per heavy atom. The third-order valence-electron chi connectivity index (χ3n) is 3.68. The summed E-state index contributed by atoms with van der Waals surface area (Å²) in [7, 11) is 0. The molecule has 1 aromatic carbocycles. The van der Waals surface area contributed by atoms with Crippen molar-refractivity contribution in [1.82, 2.24) is 9.55 Å². The smallest absolute Gasteiger partial charge is 0.338 e. The molecule has 7 heteroatoms. The first-order valence-electron chi connectivity index (χ1n) is 7.64. The minimum absolute atomic E-state index is 0.183. The maximum atomic E-state index is 11.8. The average Bonchev–Trinajstić information content (AvgIpc) is 3.10. The van der Waals surface area contributed by atoms with E-state index in [4.69, 9.17) is 9.47 Å². The summed E-state index contributed by atoms with van der Waals surface area (Å²) in [4.78, 5) is 28.1. The second-order valence-corrected chi connectivity index (χ2v) is 6.30. The molecule has 1 fully saturated rings. The van der Waals surface area contributed by atoms with Gasteiger partial charge in [-0.1, -0.05) is 11.8 Å². The first-order chi connectivity index (χ1) is 11.1. The summed E-state index contributed by atoms with van der Waals surface area (Å²) in [5.41, 5.74) is 2.15. The molecule has 1 atom stereocenters. The highest BCUT2D eigenvalue weighted by Crippen LogP contribution is 2.31. The molecule has 122 valence electrons. The summed E-state index contributed by atoms with van der Waals surface area (Å²) in [5.74, 6) is -0.536. The van der Waals surface area contributed by atoms with Crippen molar-refractivity contribution in [3.63, 3.8) is 0 Å². The van der Waals surface area contributed by atoms with E-state index in [1.54, 1.807) is 19.1 Å². The molecule has 0 N–H and O–H groups in total. The third kappa shape index (κ3) is 3.06. The van der Waals surface area contributed by atoms with E-state index in [9.17, 15) is 9.59 Å². The molecule has 3 rings (SSSR count). The molecule has 2 aromatic rings. The van der Waals surface area contributed by atoms with Crippen LogP contribution in [-0.2, 0) is 20.8 Å². The molecule has 0 unspecified atom stereocenters. The second kappa shape index (κ2) is 6.62. The molecule has 1 aliphatic heterocycles. The molecule has 1 aliphatic rings. The Morgan fingerprint density at radius 3 is 2.96 bits per heavy atom.